The van der Waals surface area contributed by atoms with Gasteiger partial charge >= 0.3 is 11.7 Å². The molecule has 1 fully saturated rings. The van der Waals surface area contributed by atoms with E-state index in [0.29, 0.717) is 52.4 Å². The van der Waals surface area contributed by atoms with Crippen LogP contribution in [0.2, 0.25) is 0 Å². The zero-order valence-corrected chi connectivity index (χ0v) is 28.0. The standard InChI is InChI=1S/C32H39FN6O7S/c1-17(2)36-30(43)32(4,5)38-26(40)25-18(3)27(39-34-13-14-35-39)47-28(25)37(31(38)44)16-24(22-15-20(33)9-12-23(22)45-6)46-21-10-7-19(8-11-21)29(41)42/h9,12-15,17,19,21,24H,7-8,10-11,16H2,1-6H3,(H,36,43)(H,41,42)/t19-,21+,24-/m0/s1. The molecule has 1 atom stereocenters. The third kappa shape index (κ3) is 6.59. The molecule has 1 amide bonds. The van der Waals surface area contributed by atoms with E-state index in [1.165, 1.54) is 60.9 Å². The summed E-state index contributed by atoms with van der Waals surface area (Å²) in [6.45, 7) is 8.12. The average Bonchev–Trinajstić information content (AvgIpc) is 3.66. The minimum absolute atomic E-state index is 0.178. The third-order valence-corrected chi connectivity index (χ3v) is 9.87. The van der Waals surface area contributed by atoms with Crippen molar-refractivity contribution < 1.29 is 28.6 Å². The Morgan fingerprint density at radius 2 is 1.81 bits per heavy atom. The molecule has 3 aromatic heterocycles. The lowest BCUT2D eigenvalue weighted by atomic mass is 9.87. The Kier molecular flexibility index (Phi) is 9.68. The summed E-state index contributed by atoms with van der Waals surface area (Å²) in [5, 5.41) is 21.5. The summed E-state index contributed by atoms with van der Waals surface area (Å²) in [5.41, 5.74) is -2.16. The molecule has 1 aliphatic rings. The van der Waals surface area contributed by atoms with Crippen LogP contribution >= 0.6 is 11.3 Å². The van der Waals surface area contributed by atoms with Gasteiger partial charge in [0.1, 0.15) is 33.0 Å². The van der Waals surface area contributed by atoms with Gasteiger partial charge in [0, 0.05) is 17.2 Å². The van der Waals surface area contributed by atoms with Crippen LogP contribution in [0.3, 0.4) is 0 Å². The van der Waals surface area contributed by atoms with Crippen LogP contribution in [-0.2, 0) is 26.4 Å². The number of aliphatic carboxylic acids is 1. The Hall–Kier alpha value is -4.37. The number of rotatable bonds is 11. The molecule has 1 aliphatic carbocycles. The van der Waals surface area contributed by atoms with Gasteiger partial charge in [-0.05, 0) is 78.5 Å². The number of carbonyl (C=O) groups is 2. The van der Waals surface area contributed by atoms with Crippen molar-refractivity contribution in [3.63, 3.8) is 0 Å². The SMILES string of the molecule is COc1ccc(F)cc1[C@H](Cn1c(=O)n(C(C)(C)C(=O)NC(C)C)c(=O)c2c(C)c(-n3nccn3)sc21)O[C@H]1CC[C@@H](C(=O)O)CC1. The number of hydrogen-bond acceptors (Lipinski definition) is 9. The topological polar surface area (TPSA) is 160 Å². The summed E-state index contributed by atoms with van der Waals surface area (Å²) in [6.07, 6.45) is 3.36. The van der Waals surface area contributed by atoms with Crippen molar-refractivity contribution in [3.8, 4) is 10.8 Å². The van der Waals surface area contributed by atoms with Crippen molar-refractivity contribution in [2.24, 2.45) is 5.92 Å². The summed E-state index contributed by atoms with van der Waals surface area (Å²) in [4.78, 5) is 55.5. The Morgan fingerprint density at radius 1 is 1.15 bits per heavy atom. The van der Waals surface area contributed by atoms with Crippen molar-refractivity contribution in [2.75, 3.05) is 7.11 Å². The highest BCUT2D eigenvalue weighted by atomic mass is 32.1. The fourth-order valence-electron chi connectivity index (χ4n) is 6.06. The smallest absolute Gasteiger partial charge is 0.333 e. The molecule has 0 bridgehead atoms. The molecule has 0 saturated heterocycles. The maximum absolute atomic E-state index is 14.8. The van der Waals surface area contributed by atoms with Gasteiger partial charge in [0.25, 0.3) is 5.56 Å². The maximum Gasteiger partial charge on any atom is 0.333 e. The number of carboxylic acid groups (broad SMARTS) is 1. The normalized spacial score (nSPS) is 17.6. The number of fused-ring (bicyclic) bond motifs is 1. The number of thiophene rings is 1. The number of carboxylic acids is 1. The number of nitrogens with one attached hydrogen (secondary N) is 1. The number of aryl methyl sites for hydroxylation is 1. The van der Waals surface area contributed by atoms with E-state index in [1.807, 2.05) is 0 Å². The lowest BCUT2D eigenvalue weighted by Crippen LogP contribution is -2.56. The van der Waals surface area contributed by atoms with Crippen LogP contribution in [0.25, 0.3) is 15.2 Å². The third-order valence-electron chi connectivity index (χ3n) is 8.59. The summed E-state index contributed by atoms with van der Waals surface area (Å²) in [7, 11) is 1.44. The van der Waals surface area contributed by atoms with E-state index >= 15 is 0 Å². The molecule has 15 heteroatoms. The van der Waals surface area contributed by atoms with Gasteiger partial charge in [-0.25, -0.2) is 13.8 Å². The molecule has 1 saturated carbocycles. The Morgan fingerprint density at radius 3 is 2.40 bits per heavy atom. The molecule has 1 aromatic carbocycles. The minimum Gasteiger partial charge on any atom is -0.496 e. The number of nitrogens with zero attached hydrogens (tertiary/aromatic N) is 5. The van der Waals surface area contributed by atoms with Crippen LogP contribution in [0, 0.1) is 18.7 Å². The molecule has 0 radical (unpaired) electrons. The molecular formula is C32H39FN6O7S. The first-order chi connectivity index (χ1) is 22.2. The molecule has 0 spiro atoms. The second-order valence-electron chi connectivity index (χ2n) is 12.6. The van der Waals surface area contributed by atoms with Gasteiger partial charge in [0.15, 0.2) is 0 Å². The van der Waals surface area contributed by atoms with Crippen LogP contribution in [0.15, 0.2) is 40.2 Å². The van der Waals surface area contributed by atoms with Crippen LogP contribution in [0.1, 0.15) is 70.6 Å². The lowest BCUT2D eigenvalue weighted by Gasteiger charge is -2.32. The zero-order chi connectivity index (χ0) is 34.2. The summed E-state index contributed by atoms with van der Waals surface area (Å²) in [5.74, 6) is -2.08. The number of amides is 1. The van der Waals surface area contributed by atoms with Crippen LogP contribution in [-0.4, -0.2) is 60.4 Å². The van der Waals surface area contributed by atoms with Crippen LogP contribution < -0.4 is 21.3 Å². The molecule has 3 heterocycles. The van der Waals surface area contributed by atoms with Gasteiger partial charge in [-0.15, -0.1) is 4.80 Å². The lowest BCUT2D eigenvalue weighted by molar-refractivity contribution is -0.144. The van der Waals surface area contributed by atoms with Crippen LogP contribution in [0.4, 0.5) is 4.39 Å². The van der Waals surface area contributed by atoms with Gasteiger partial charge in [-0.3, -0.25) is 19.0 Å². The number of methoxy groups -OCH3 is 1. The number of halogens is 1. The van der Waals surface area contributed by atoms with Crippen molar-refractivity contribution in [1.29, 1.82) is 0 Å². The monoisotopic (exact) mass is 670 g/mol. The van der Waals surface area contributed by atoms with E-state index in [9.17, 15) is 28.7 Å². The van der Waals surface area contributed by atoms with Crippen molar-refractivity contribution in [3.05, 3.63) is 68.4 Å². The van der Waals surface area contributed by atoms with Gasteiger partial charge in [0.2, 0.25) is 5.91 Å². The van der Waals surface area contributed by atoms with Gasteiger partial charge in [-0.2, -0.15) is 10.2 Å². The van der Waals surface area contributed by atoms with E-state index in [-0.39, 0.29) is 24.1 Å². The van der Waals surface area contributed by atoms with Crippen molar-refractivity contribution in [2.45, 2.75) is 90.6 Å². The van der Waals surface area contributed by atoms with E-state index in [4.69, 9.17) is 9.47 Å². The first-order valence-electron chi connectivity index (χ1n) is 15.4. The molecule has 0 unspecified atom stereocenters. The maximum atomic E-state index is 14.8. The van der Waals surface area contributed by atoms with Gasteiger partial charge in [-0.1, -0.05) is 11.3 Å². The largest absolute Gasteiger partial charge is 0.496 e. The second-order valence-corrected chi connectivity index (χ2v) is 13.6. The molecule has 0 aliphatic heterocycles. The fraction of sp³-hybridized carbons (Fsp3) is 0.500. The van der Waals surface area contributed by atoms with Crippen molar-refractivity contribution in [1.82, 2.24) is 29.4 Å². The number of ether oxygens (including phenoxy) is 2. The van der Waals surface area contributed by atoms with E-state index in [1.54, 1.807) is 20.8 Å². The van der Waals surface area contributed by atoms with E-state index in [2.05, 4.69) is 15.5 Å². The van der Waals surface area contributed by atoms with Gasteiger partial charge in [0.05, 0.1) is 43.5 Å². The molecular weight excluding hydrogens is 631 g/mol. The summed E-state index contributed by atoms with van der Waals surface area (Å²) < 4.78 is 29.3. The number of carbonyl (C=O) groups excluding carboxylic acids is 1. The first-order valence-corrected chi connectivity index (χ1v) is 16.2. The Labute approximate surface area is 273 Å². The Bertz CT molecular complexity index is 1910. The summed E-state index contributed by atoms with van der Waals surface area (Å²) >= 11 is 1.14. The summed E-state index contributed by atoms with van der Waals surface area (Å²) in [6, 6.07) is 3.75. The quantitative estimate of drug-likeness (QED) is 0.241. The molecule has 4 aromatic rings. The number of hydrogen-bond donors (Lipinski definition) is 2. The predicted molar refractivity (Wildman–Crippen MR) is 173 cm³/mol. The average molecular weight is 671 g/mol. The van der Waals surface area contributed by atoms with E-state index in [0.717, 1.165) is 15.9 Å². The fourth-order valence-corrected chi connectivity index (χ4v) is 7.28. The molecule has 5 rings (SSSR count). The zero-order valence-electron chi connectivity index (χ0n) is 27.2. The number of aromatic nitrogens is 5. The highest BCUT2D eigenvalue weighted by Crippen LogP contribution is 2.37. The molecule has 2 N–H and O–H groups in total. The van der Waals surface area contributed by atoms with Gasteiger partial charge < -0.3 is 19.9 Å². The first kappa shape index (κ1) is 34.0. The predicted octanol–water partition coefficient (Wildman–Crippen LogP) is 3.92. The highest BCUT2D eigenvalue weighted by molar-refractivity contribution is 7.21. The Balaban J connectivity index is 1.72. The molecule has 13 nitrogen and oxygen atoms in total. The highest BCUT2D eigenvalue weighted by Gasteiger charge is 2.37. The minimum atomic E-state index is -1.60. The van der Waals surface area contributed by atoms with Crippen LogP contribution in [0.5, 0.6) is 5.75 Å². The number of benzene rings is 1. The van der Waals surface area contributed by atoms with Crippen molar-refractivity contribution >= 4 is 33.4 Å². The molecule has 252 valence electrons. The van der Waals surface area contributed by atoms with E-state index < -0.39 is 46.5 Å². The second kappa shape index (κ2) is 13.4. The molecule has 47 heavy (non-hydrogen) atoms.